The Labute approximate surface area is 133 Å². The van der Waals surface area contributed by atoms with Crippen LogP contribution in [0.5, 0.6) is 0 Å². The third-order valence-corrected chi connectivity index (χ3v) is 6.52. The minimum absolute atomic E-state index is 0.241. The van der Waals surface area contributed by atoms with Crippen LogP contribution in [0, 0.1) is 5.41 Å². The van der Waals surface area contributed by atoms with Gasteiger partial charge in [-0.15, -0.1) is 11.3 Å². The average Bonchev–Trinajstić information content (AvgIpc) is 2.95. The fraction of sp³-hybridized carbons (Fsp3) is 0.824. The number of rotatable bonds is 8. The molecule has 1 aliphatic carbocycles. The molecule has 0 aliphatic heterocycles. The number of nitrogens with zero attached hydrogens (tertiary/aromatic N) is 1. The molecule has 3 nitrogen and oxygen atoms in total. The van der Waals surface area contributed by atoms with Crippen LogP contribution in [0.15, 0.2) is 0 Å². The maximum absolute atomic E-state index is 9.36. The van der Waals surface area contributed by atoms with Gasteiger partial charge in [-0.05, 0) is 50.4 Å². The molecule has 1 atom stereocenters. The number of aliphatic hydroxyl groups excluding tert-OH is 1. The van der Waals surface area contributed by atoms with Gasteiger partial charge in [0.15, 0.2) is 0 Å². The summed E-state index contributed by atoms with van der Waals surface area (Å²) in [4.78, 5) is 6.25. The highest BCUT2D eigenvalue weighted by Crippen LogP contribution is 2.36. The van der Waals surface area contributed by atoms with Crippen LogP contribution in [0.2, 0.25) is 0 Å². The molecule has 0 spiro atoms. The molecule has 0 saturated carbocycles. The maximum Gasteiger partial charge on any atom is 0.0928 e. The first-order chi connectivity index (χ1) is 10.2. The monoisotopic (exact) mass is 310 g/mol. The molecule has 1 aliphatic rings. The molecule has 0 aromatic carbocycles. The highest BCUT2D eigenvalue weighted by atomic mass is 32.1. The molecule has 4 heteroatoms. The Morgan fingerprint density at radius 1 is 1.33 bits per heavy atom. The van der Waals surface area contributed by atoms with Gasteiger partial charge in [-0.1, -0.05) is 20.8 Å². The Balaban J connectivity index is 2.05. The molecule has 2 rings (SSSR count). The van der Waals surface area contributed by atoms with Crippen LogP contribution in [-0.4, -0.2) is 23.2 Å². The maximum atomic E-state index is 9.36. The summed E-state index contributed by atoms with van der Waals surface area (Å²) in [7, 11) is 0. The first kappa shape index (κ1) is 16.9. The van der Waals surface area contributed by atoms with Crippen LogP contribution in [0.25, 0.3) is 0 Å². The summed E-state index contributed by atoms with van der Waals surface area (Å²) in [6.07, 6.45) is 7.80. The van der Waals surface area contributed by atoms with E-state index < -0.39 is 0 Å². The summed E-state index contributed by atoms with van der Waals surface area (Å²) in [6, 6.07) is 0.475. The molecule has 0 bridgehead atoms. The van der Waals surface area contributed by atoms with E-state index in [0.717, 1.165) is 38.6 Å². The second kappa shape index (κ2) is 7.70. The molecule has 21 heavy (non-hydrogen) atoms. The van der Waals surface area contributed by atoms with Crippen molar-refractivity contribution in [2.24, 2.45) is 5.41 Å². The Hall–Kier alpha value is -0.450. The first-order valence-corrected chi connectivity index (χ1v) is 9.32. The molecule has 2 N–H and O–H groups in total. The lowest BCUT2D eigenvalue weighted by atomic mass is 9.79. The van der Waals surface area contributed by atoms with Crippen LogP contribution >= 0.6 is 11.3 Å². The summed E-state index contributed by atoms with van der Waals surface area (Å²) < 4.78 is 0. The summed E-state index contributed by atoms with van der Waals surface area (Å²) in [5, 5.41) is 14.4. The van der Waals surface area contributed by atoms with Crippen molar-refractivity contribution in [2.75, 3.05) is 13.2 Å². The number of aryl methyl sites for hydroxylation is 2. The Morgan fingerprint density at radius 2 is 2.10 bits per heavy atom. The van der Waals surface area contributed by atoms with Crippen molar-refractivity contribution in [3.8, 4) is 0 Å². The van der Waals surface area contributed by atoms with Gasteiger partial charge in [-0.25, -0.2) is 4.98 Å². The molecule has 1 unspecified atom stereocenters. The number of thiazole rings is 1. The number of fused-ring (bicyclic) bond motifs is 1. The summed E-state index contributed by atoms with van der Waals surface area (Å²) in [5.74, 6) is 0. The van der Waals surface area contributed by atoms with Gasteiger partial charge in [-0.2, -0.15) is 0 Å². The van der Waals surface area contributed by atoms with Gasteiger partial charge in [0.25, 0.3) is 0 Å². The highest BCUT2D eigenvalue weighted by Gasteiger charge is 2.29. The summed E-state index contributed by atoms with van der Waals surface area (Å²) in [6.45, 7) is 7.97. The smallest absolute Gasteiger partial charge is 0.0928 e. The van der Waals surface area contributed by atoms with Gasteiger partial charge in [0.05, 0.1) is 10.7 Å². The number of aliphatic hydroxyl groups is 1. The van der Waals surface area contributed by atoms with Crippen LogP contribution < -0.4 is 5.32 Å². The fourth-order valence-electron chi connectivity index (χ4n) is 3.34. The molecule has 0 fully saturated rings. The predicted octanol–water partition coefficient (Wildman–Crippen LogP) is 3.86. The lowest BCUT2D eigenvalue weighted by molar-refractivity contribution is 0.158. The van der Waals surface area contributed by atoms with Gasteiger partial charge in [0.1, 0.15) is 0 Å². The molecule has 1 aromatic rings. The number of hydrogen-bond acceptors (Lipinski definition) is 4. The van der Waals surface area contributed by atoms with Crippen molar-refractivity contribution in [1.82, 2.24) is 10.3 Å². The SMILES string of the molecule is CCc1nc2c(s1)C(NCC(CC)(CC)CCO)CCC2. The lowest BCUT2D eigenvalue weighted by Gasteiger charge is -2.34. The van der Waals surface area contributed by atoms with Crippen LogP contribution in [0.1, 0.15) is 74.5 Å². The van der Waals surface area contributed by atoms with E-state index in [-0.39, 0.29) is 5.41 Å². The average molecular weight is 311 g/mol. The van der Waals surface area contributed by atoms with E-state index in [1.165, 1.54) is 28.4 Å². The molecular weight excluding hydrogens is 280 g/mol. The van der Waals surface area contributed by atoms with Gasteiger partial charge in [-0.3, -0.25) is 0 Å². The number of aromatic nitrogens is 1. The highest BCUT2D eigenvalue weighted by molar-refractivity contribution is 7.11. The standard InChI is InChI=1S/C17H30N2OS/c1-4-15-19-14-9-7-8-13(16(14)21-15)18-12-17(5-2,6-3)10-11-20/h13,18,20H,4-12H2,1-3H3. The van der Waals surface area contributed by atoms with Gasteiger partial charge >= 0.3 is 0 Å². The van der Waals surface area contributed by atoms with Crippen LogP contribution in [0.4, 0.5) is 0 Å². The molecule has 0 amide bonds. The normalized spacial score (nSPS) is 18.8. The van der Waals surface area contributed by atoms with Crippen LogP contribution in [-0.2, 0) is 12.8 Å². The van der Waals surface area contributed by atoms with E-state index in [1.54, 1.807) is 0 Å². The summed E-state index contributed by atoms with van der Waals surface area (Å²) >= 11 is 1.90. The second-order valence-corrected chi connectivity index (χ2v) is 7.39. The minimum Gasteiger partial charge on any atom is -0.396 e. The second-order valence-electron chi connectivity index (χ2n) is 6.28. The van der Waals surface area contributed by atoms with E-state index in [2.05, 4.69) is 26.1 Å². The zero-order valence-corrected chi connectivity index (χ0v) is 14.6. The molecular formula is C17H30N2OS. The quantitative estimate of drug-likeness (QED) is 0.766. The zero-order chi connectivity index (χ0) is 15.3. The molecule has 120 valence electrons. The Kier molecular flexibility index (Phi) is 6.20. The van der Waals surface area contributed by atoms with Crippen molar-refractivity contribution in [1.29, 1.82) is 0 Å². The van der Waals surface area contributed by atoms with Crippen LogP contribution in [0.3, 0.4) is 0 Å². The van der Waals surface area contributed by atoms with Crippen molar-refractivity contribution >= 4 is 11.3 Å². The van der Waals surface area contributed by atoms with Crippen molar-refractivity contribution in [2.45, 2.75) is 71.8 Å². The number of hydrogen-bond donors (Lipinski definition) is 2. The first-order valence-electron chi connectivity index (χ1n) is 8.50. The third kappa shape index (κ3) is 3.85. The van der Waals surface area contributed by atoms with Crippen molar-refractivity contribution in [3.05, 3.63) is 15.6 Å². The zero-order valence-electron chi connectivity index (χ0n) is 13.7. The van der Waals surface area contributed by atoms with Crippen molar-refractivity contribution < 1.29 is 5.11 Å². The minimum atomic E-state index is 0.241. The topological polar surface area (TPSA) is 45.2 Å². The van der Waals surface area contributed by atoms with Gasteiger partial charge in [0.2, 0.25) is 0 Å². The largest absolute Gasteiger partial charge is 0.396 e. The predicted molar refractivity (Wildman–Crippen MR) is 89.9 cm³/mol. The van der Waals surface area contributed by atoms with Crippen molar-refractivity contribution in [3.63, 3.8) is 0 Å². The van der Waals surface area contributed by atoms with E-state index >= 15 is 0 Å². The molecule has 0 radical (unpaired) electrons. The Bertz CT molecular complexity index is 440. The molecule has 1 aromatic heterocycles. The van der Waals surface area contributed by atoms with Gasteiger partial charge in [0, 0.05) is 24.1 Å². The number of nitrogens with one attached hydrogen (secondary N) is 1. The fourth-order valence-corrected chi connectivity index (χ4v) is 4.50. The third-order valence-electron chi connectivity index (χ3n) is 5.16. The molecule has 1 heterocycles. The summed E-state index contributed by atoms with van der Waals surface area (Å²) in [5.41, 5.74) is 1.58. The lowest BCUT2D eigenvalue weighted by Crippen LogP contribution is -2.37. The van der Waals surface area contributed by atoms with E-state index in [9.17, 15) is 5.11 Å². The van der Waals surface area contributed by atoms with E-state index in [0.29, 0.717) is 12.6 Å². The van der Waals surface area contributed by atoms with Gasteiger partial charge < -0.3 is 10.4 Å². The molecule has 0 saturated heterocycles. The van der Waals surface area contributed by atoms with E-state index in [4.69, 9.17) is 4.98 Å². The van der Waals surface area contributed by atoms with E-state index in [1.807, 2.05) is 11.3 Å². The Morgan fingerprint density at radius 3 is 2.71 bits per heavy atom.